The van der Waals surface area contributed by atoms with E-state index in [9.17, 15) is 9.59 Å². The molecular formula is C24H25NO4. The first-order chi connectivity index (χ1) is 14.2. The summed E-state index contributed by atoms with van der Waals surface area (Å²) < 4.78 is 12.2. The summed E-state index contributed by atoms with van der Waals surface area (Å²) in [5.74, 6) is 0.273. The Morgan fingerprint density at radius 3 is 2.52 bits per heavy atom. The van der Waals surface area contributed by atoms with Crippen molar-refractivity contribution in [1.29, 1.82) is 0 Å². The summed E-state index contributed by atoms with van der Waals surface area (Å²) in [7, 11) is 1.39. The number of benzene rings is 2. The lowest BCUT2D eigenvalue weighted by Gasteiger charge is -2.21. The molecule has 1 heterocycles. The van der Waals surface area contributed by atoms with Crippen LogP contribution in [-0.2, 0) is 16.1 Å². The Labute approximate surface area is 170 Å². The molecule has 0 aliphatic heterocycles. The van der Waals surface area contributed by atoms with Gasteiger partial charge in [0.15, 0.2) is 0 Å². The van der Waals surface area contributed by atoms with E-state index >= 15 is 0 Å². The van der Waals surface area contributed by atoms with Crippen LogP contribution in [0.25, 0.3) is 10.9 Å². The minimum absolute atomic E-state index is 0.122. The maximum Gasteiger partial charge on any atom is 0.343 e. The first kappa shape index (κ1) is 19.2. The highest BCUT2D eigenvalue weighted by Gasteiger charge is 2.22. The SMILES string of the molecule is COC(=O)Cn1cc(C2CCCCC2)c2ccc(C(=O)Oc3ccccc3)cc21. The molecular weight excluding hydrogens is 366 g/mol. The molecule has 150 valence electrons. The van der Waals surface area contributed by atoms with E-state index in [1.54, 1.807) is 12.1 Å². The highest BCUT2D eigenvalue weighted by atomic mass is 16.5. The number of methoxy groups -OCH3 is 1. The largest absolute Gasteiger partial charge is 0.468 e. The zero-order chi connectivity index (χ0) is 20.2. The lowest BCUT2D eigenvalue weighted by Crippen LogP contribution is -2.11. The van der Waals surface area contributed by atoms with E-state index in [1.807, 2.05) is 41.0 Å². The molecule has 0 bridgehead atoms. The molecule has 0 unspecified atom stereocenters. The molecule has 0 amide bonds. The number of hydrogen-bond acceptors (Lipinski definition) is 4. The van der Waals surface area contributed by atoms with Gasteiger partial charge < -0.3 is 14.0 Å². The van der Waals surface area contributed by atoms with E-state index in [0.29, 0.717) is 17.2 Å². The average Bonchev–Trinajstić information content (AvgIpc) is 3.12. The number of esters is 2. The van der Waals surface area contributed by atoms with Crippen LogP contribution in [0.4, 0.5) is 0 Å². The number of para-hydroxylation sites is 1. The highest BCUT2D eigenvalue weighted by molar-refractivity contribution is 5.97. The van der Waals surface area contributed by atoms with Gasteiger partial charge >= 0.3 is 11.9 Å². The van der Waals surface area contributed by atoms with Crippen LogP contribution >= 0.6 is 0 Å². The van der Waals surface area contributed by atoms with Crippen molar-refractivity contribution in [3.8, 4) is 5.75 Å². The lowest BCUT2D eigenvalue weighted by atomic mass is 9.84. The number of carbonyl (C=O) groups is 2. The topological polar surface area (TPSA) is 57.5 Å². The summed E-state index contributed by atoms with van der Waals surface area (Å²) in [6.45, 7) is 0.122. The van der Waals surface area contributed by atoms with E-state index in [-0.39, 0.29) is 12.5 Å². The molecule has 0 N–H and O–H groups in total. The van der Waals surface area contributed by atoms with Crippen LogP contribution in [0, 0.1) is 0 Å². The number of nitrogens with zero attached hydrogens (tertiary/aromatic N) is 1. The summed E-state index contributed by atoms with van der Waals surface area (Å²) in [6.07, 6.45) is 8.13. The number of aromatic nitrogens is 1. The van der Waals surface area contributed by atoms with Gasteiger partial charge in [-0.15, -0.1) is 0 Å². The van der Waals surface area contributed by atoms with Crippen LogP contribution in [-0.4, -0.2) is 23.6 Å². The van der Waals surface area contributed by atoms with Gasteiger partial charge in [0.1, 0.15) is 12.3 Å². The monoisotopic (exact) mass is 391 g/mol. The Hall–Kier alpha value is -3.08. The Balaban J connectivity index is 1.70. The molecule has 0 saturated heterocycles. The molecule has 1 aliphatic rings. The third-order valence-corrected chi connectivity index (χ3v) is 5.67. The average molecular weight is 391 g/mol. The maximum absolute atomic E-state index is 12.6. The maximum atomic E-state index is 12.6. The van der Waals surface area contributed by atoms with Crippen molar-refractivity contribution in [2.45, 2.75) is 44.6 Å². The molecule has 1 aliphatic carbocycles. The predicted octanol–water partition coefficient (Wildman–Crippen LogP) is 5.08. The molecule has 1 saturated carbocycles. The fourth-order valence-electron chi connectivity index (χ4n) is 4.18. The van der Waals surface area contributed by atoms with Gasteiger partial charge in [-0.1, -0.05) is 43.5 Å². The Morgan fingerprint density at radius 2 is 1.79 bits per heavy atom. The van der Waals surface area contributed by atoms with E-state index in [1.165, 1.54) is 31.9 Å². The summed E-state index contributed by atoms with van der Waals surface area (Å²) >= 11 is 0. The second-order valence-corrected chi connectivity index (χ2v) is 7.56. The number of fused-ring (bicyclic) bond motifs is 1. The molecule has 3 aromatic rings. The lowest BCUT2D eigenvalue weighted by molar-refractivity contribution is -0.141. The van der Waals surface area contributed by atoms with Crippen LogP contribution in [0.1, 0.15) is 53.9 Å². The van der Waals surface area contributed by atoms with Crippen LogP contribution < -0.4 is 4.74 Å². The quantitative estimate of drug-likeness (QED) is 0.449. The van der Waals surface area contributed by atoms with Crippen molar-refractivity contribution in [1.82, 2.24) is 4.57 Å². The Bertz CT molecular complexity index is 1020. The zero-order valence-electron chi connectivity index (χ0n) is 16.6. The van der Waals surface area contributed by atoms with Gasteiger partial charge in [-0.25, -0.2) is 4.79 Å². The minimum Gasteiger partial charge on any atom is -0.468 e. The standard InChI is InChI=1S/C24H25NO4/c1-28-23(26)16-25-15-21(17-8-4-2-5-9-17)20-13-12-18(14-22(20)25)24(27)29-19-10-6-3-7-11-19/h3,6-7,10-15,17H,2,4-5,8-9,16H2,1H3. The van der Waals surface area contributed by atoms with E-state index in [2.05, 4.69) is 6.20 Å². The van der Waals surface area contributed by atoms with Crippen LogP contribution in [0.2, 0.25) is 0 Å². The molecule has 5 nitrogen and oxygen atoms in total. The summed E-state index contributed by atoms with van der Waals surface area (Å²) in [6, 6.07) is 14.6. The number of carbonyl (C=O) groups excluding carboxylic acids is 2. The third-order valence-electron chi connectivity index (χ3n) is 5.67. The number of rotatable bonds is 5. The molecule has 5 heteroatoms. The summed E-state index contributed by atoms with van der Waals surface area (Å²) in [4.78, 5) is 24.6. The normalized spacial score (nSPS) is 14.7. The number of ether oxygens (including phenoxy) is 2. The first-order valence-corrected chi connectivity index (χ1v) is 10.1. The van der Waals surface area contributed by atoms with Crippen molar-refractivity contribution >= 4 is 22.8 Å². The van der Waals surface area contributed by atoms with Gasteiger partial charge in [-0.2, -0.15) is 0 Å². The van der Waals surface area contributed by atoms with E-state index in [0.717, 1.165) is 23.7 Å². The molecule has 0 atom stereocenters. The molecule has 29 heavy (non-hydrogen) atoms. The minimum atomic E-state index is -0.414. The summed E-state index contributed by atoms with van der Waals surface area (Å²) in [5, 5.41) is 1.09. The molecule has 0 spiro atoms. The third kappa shape index (κ3) is 4.19. The molecule has 1 fully saturated rings. The second kappa shape index (κ2) is 8.52. The van der Waals surface area contributed by atoms with Crippen LogP contribution in [0.15, 0.2) is 54.7 Å². The summed E-state index contributed by atoms with van der Waals surface area (Å²) in [5.41, 5.74) is 2.57. The van der Waals surface area contributed by atoms with E-state index in [4.69, 9.17) is 9.47 Å². The first-order valence-electron chi connectivity index (χ1n) is 10.1. The zero-order valence-corrected chi connectivity index (χ0v) is 16.6. The number of hydrogen-bond donors (Lipinski definition) is 0. The molecule has 1 aromatic heterocycles. The fraction of sp³-hybridized carbons (Fsp3) is 0.333. The van der Waals surface area contributed by atoms with Crippen LogP contribution in [0.5, 0.6) is 5.75 Å². The smallest absolute Gasteiger partial charge is 0.343 e. The van der Waals surface area contributed by atoms with Gasteiger partial charge in [0.05, 0.1) is 12.7 Å². The van der Waals surface area contributed by atoms with Gasteiger partial charge in [-0.3, -0.25) is 4.79 Å². The molecule has 4 rings (SSSR count). The Kier molecular flexibility index (Phi) is 5.65. The van der Waals surface area contributed by atoms with Gasteiger partial charge in [0.2, 0.25) is 0 Å². The Morgan fingerprint density at radius 1 is 1.03 bits per heavy atom. The van der Waals surface area contributed by atoms with Gasteiger partial charge in [0.25, 0.3) is 0 Å². The van der Waals surface area contributed by atoms with Crippen molar-refractivity contribution in [3.63, 3.8) is 0 Å². The van der Waals surface area contributed by atoms with Crippen molar-refractivity contribution in [3.05, 3.63) is 65.9 Å². The van der Waals surface area contributed by atoms with Crippen molar-refractivity contribution in [2.75, 3.05) is 7.11 Å². The second-order valence-electron chi connectivity index (χ2n) is 7.56. The highest BCUT2D eigenvalue weighted by Crippen LogP contribution is 2.37. The van der Waals surface area contributed by atoms with Gasteiger partial charge in [-0.05, 0) is 48.6 Å². The fourth-order valence-corrected chi connectivity index (χ4v) is 4.18. The van der Waals surface area contributed by atoms with Crippen molar-refractivity contribution in [2.24, 2.45) is 0 Å². The predicted molar refractivity (Wildman–Crippen MR) is 111 cm³/mol. The van der Waals surface area contributed by atoms with Crippen LogP contribution in [0.3, 0.4) is 0 Å². The molecule has 2 aromatic carbocycles. The van der Waals surface area contributed by atoms with Gasteiger partial charge in [0, 0.05) is 17.1 Å². The van der Waals surface area contributed by atoms with Crippen molar-refractivity contribution < 1.29 is 19.1 Å². The van der Waals surface area contributed by atoms with E-state index < -0.39 is 5.97 Å². The molecule has 0 radical (unpaired) electrons.